The van der Waals surface area contributed by atoms with Crippen LogP contribution in [0.15, 0.2) is 0 Å². The van der Waals surface area contributed by atoms with Gasteiger partial charge in [0.1, 0.15) is 5.60 Å². The number of unbranched alkanes of at least 4 members (excludes halogenated alkanes) is 1. The zero-order valence-electron chi connectivity index (χ0n) is 12.0. The maximum atomic E-state index is 11.3. The van der Waals surface area contributed by atoms with Crippen molar-refractivity contribution in [2.24, 2.45) is 5.92 Å². The Kier molecular flexibility index (Phi) is 7.39. The van der Waals surface area contributed by atoms with Gasteiger partial charge in [-0.1, -0.05) is 13.3 Å². The van der Waals surface area contributed by atoms with E-state index in [2.05, 4.69) is 10.1 Å². The lowest BCUT2D eigenvalue weighted by atomic mass is 10.0. The SMILES string of the molecule is COC(=O)C(C)CCCCNC(=O)OC(C)(C)C. The highest BCUT2D eigenvalue weighted by Crippen LogP contribution is 2.09. The molecule has 1 amide bonds. The summed E-state index contributed by atoms with van der Waals surface area (Å²) < 4.78 is 9.73. The first-order valence-corrected chi connectivity index (χ1v) is 6.31. The number of hydrogen-bond donors (Lipinski definition) is 1. The standard InChI is InChI=1S/C13H25NO4/c1-10(11(15)17-5)8-6-7-9-14-12(16)18-13(2,3)4/h10H,6-9H2,1-5H3,(H,14,16). The van der Waals surface area contributed by atoms with Crippen LogP contribution in [0.2, 0.25) is 0 Å². The predicted octanol–water partition coefficient (Wildman–Crippen LogP) is 2.49. The van der Waals surface area contributed by atoms with Gasteiger partial charge in [-0.3, -0.25) is 4.79 Å². The highest BCUT2D eigenvalue weighted by Gasteiger charge is 2.15. The molecule has 0 bridgehead atoms. The van der Waals surface area contributed by atoms with Crippen molar-refractivity contribution >= 4 is 12.1 Å². The molecule has 0 spiro atoms. The summed E-state index contributed by atoms with van der Waals surface area (Å²) in [6.45, 7) is 7.87. The topological polar surface area (TPSA) is 64.6 Å². The Hall–Kier alpha value is -1.26. The van der Waals surface area contributed by atoms with Crippen molar-refractivity contribution in [2.45, 2.75) is 52.6 Å². The first-order valence-electron chi connectivity index (χ1n) is 6.31. The van der Waals surface area contributed by atoms with Gasteiger partial charge in [-0.2, -0.15) is 0 Å². The molecule has 1 N–H and O–H groups in total. The Morgan fingerprint density at radius 2 is 1.83 bits per heavy atom. The Labute approximate surface area is 109 Å². The first kappa shape index (κ1) is 16.7. The summed E-state index contributed by atoms with van der Waals surface area (Å²) in [5.41, 5.74) is -0.469. The Balaban J connectivity index is 3.57. The smallest absolute Gasteiger partial charge is 0.407 e. The van der Waals surface area contributed by atoms with Crippen molar-refractivity contribution in [1.82, 2.24) is 5.32 Å². The monoisotopic (exact) mass is 259 g/mol. The third-order valence-corrected chi connectivity index (χ3v) is 2.34. The molecule has 0 saturated heterocycles. The third kappa shape index (κ3) is 8.84. The fraction of sp³-hybridized carbons (Fsp3) is 0.846. The van der Waals surface area contributed by atoms with Gasteiger partial charge in [0.25, 0.3) is 0 Å². The number of rotatable bonds is 6. The molecule has 0 aromatic heterocycles. The quantitative estimate of drug-likeness (QED) is 0.588. The van der Waals surface area contributed by atoms with Crippen molar-refractivity contribution < 1.29 is 19.1 Å². The zero-order valence-corrected chi connectivity index (χ0v) is 12.0. The fourth-order valence-corrected chi connectivity index (χ4v) is 1.40. The maximum Gasteiger partial charge on any atom is 0.407 e. The Morgan fingerprint density at radius 3 is 2.33 bits per heavy atom. The summed E-state index contributed by atoms with van der Waals surface area (Å²) in [5.74, 6) is -0.272. The first-order chi connectivity index (χ1) is 8.26. The molecule has 0 saturated carbocycles. The van der Waals surface area contributed by atoms with Gasteiger partial charge in [-0.05, 0) is 33.6 Å². The van der Waals surface area contributed by atoms with Gasteiger partial charge in [0.05, 0.1) is 13.0 Å². The van der Waals surface area contributed by atoms with Gasteiger partial charge in [-0.15, -0.1) is 0 Å². The van der Waals surface area contributed by atoms with Crippen LogP contribution in [0.25, 0.3) is 0 Å². The second kappa shape index (κ2) is 7.95. The molecule has 0 fully saturated rings. The van der Waals surface area contributed by atoms with Gasteiger partial charge in [0, 0.05) is 6.54 Å². The summed E-state index contributed by atoms with van der Waals surface area (Å²) in [7, 11) is 1.39. The van der Waals surface area contributed by atoms with E-state index in [4.69, 9.17) is 4.74 Å². The molecule has 18 heavy (non-hydrogen) atoms. The highest BCUT2D eigenvalue weighted by atomic mass is 16.6. The second-order valence-electron chi connectivity index (χ2n) is 5.35. The maximum absolute atomic E-state index is 11.3. The van der Waals surface area contributed by atoms with Gasteiger partial charge < -0.3 is 14.8 Å². The van der Waals surface area contributed by atoms with Crippen molar-refractivity contribution in [1.29, 1.82) is 0 Å². The summed E-state index contributed by atoms with van der Waals surface area (Å²) in [4.78, 5) is 22.4. The van der Waals surface area contributed by atoms with Crippen LogP contribution in [0.5, 0.6) is 0 Å². The van der Waals surface area contributed by atoms with Crippen molar-refractivity contribution in [3.05, 3.63) is 0 Å². The molecule has 0 rings (SSSR count). The number of esters is 1. The molecular weight excluding hydrogens is 234 g/mol. The molecule has 5 nitrogen and oxygen atoms in total. The molecule has 0 radical (unpaired) electrons. The Bertz CT molecular complexity index is 271. The van der Waals surface area contributed by atoms with Crippen molar-refractivity contribution in [3.8, 4) is 0 Å². The van der Waals surface area contributed by atoms with Crippen LogP contribution in [-0.2, 0) is 14.3 Å². The van der Waals surface area contributed by atoms with E-state index in [-0.39, 0.29) is 11.9 Å². The fourth-order valence-electron chi connectivity index (χ4n) is 1.40. The van der Waals surface area contributed by atoms with Crippen LogP contribution >= 0.6 is 0 Å². The van der Waals surface area contributed by atoms with Crippen LogP contribution < -0.4 is 5.32 Å². The van der Waals surface area contributed by atoms with Gasteiger partial charge >= 0.3 is 12.1 Å². The van der Waals surface area contributed by atoms with Crippen molar-refractivity contribution in [2.75, 3.05) is 13.7 Å². The normalized spacial score (nSPS) is 12.7. The molecular formula is C13H25NO4. The van der Waals surface area contributed by atoms with Crippen LogP contribution in [0, 0.1) is 5.92 Å². The average Bonchev–Trinajstić information content (AvgIpc) is 2.24. The minimum absolute atomic E-state index is 0.0865. The minimum Gasteiger partial charge on any atom is -0.469 e. The number of carbonyl (C=O) groups excluding carboxylic acids is 2. The molecule has 0 aliphatic heterocycles. The van der Waals surface area contributed by atoms with Crippen LogP contribution in [0.1, 0.15) is 47.0 Å². The molecule has 0 aliphatic carbocycles. The number of amides is 1. The van der Waals surface area contributed by atoms with E-state index in [1.165, 1.54) is 7.11 Å². The van der Waals surface area contributed by atoms with Gasteiger partial charge in [-0.25, -0.2) is 4.79 Å². The summed E-state index contributed by atoms with van der Waals surface area (Å²) >= 11 is 0. The summed E-state index contributed by atoms with van der Waals surface area (Å²) in [6, 6.07) is 0. The second-order valence-corrected chi connectivity index (χ2v) is 5.35. The molecule has 1 atom stereocenters. The predicted molar refractivity (Wildman–Crippen MR) is 69.3 cm³/mol. The van der Waals surface area contributed by atoms with Gasteiger partial charge in [0.2, 0.25) is 0 Å². The zero-order chi connectivity index (χ0) is 14.2. The van der Waals surface area contributed by atoms with E-state index in [1.54, 1.807) is 0 Å². The van der Waals surface area contributed by atoms with Crippen LogP contribution in [0.3, 0.4) is 0 Å². The molecule has 0 aliphatic rings. The summed E-state index contributed by atoms with van der Waals surface area (Å²) in [6.07, 6.45) is 2.05. The lowest BCUT2D eigenvalue weighted by molar-refractivity contribution is -0.145. The molecule has 5 heteroatoms. The number of alkyl carbamates (subject to hydrolysis) is 1. The van der Waals surface area contributed by atoms with E-state index in [9.17, 15) is 9.59 Å². The minimum atomic E-state index is -0.469. The number of hydrogen-bond acceptors (Lipinski definition) is 4. The number of methoxy groups -OCH3 is 1. The van der Waals surface area contributed by atoms with Crippen molar-refractivity contribution in [3.63, 3.8) is 0 Å². The largest absolute Gasteiger partial charge is 0.469 e. The van der Waals surface area contributed by atoms with E-state index in [1.807, 2.05) is 27.7 Å². The molecule has 1 unspecified atom stereocenters. The number of carbonyl (C=O) groups is 2. The number of ether oxygens (including phenoxy) is 2. The van der Waals surface area contributed by atoms with E-state index < -0.39 is 11.7 Å². The van der Waals surface area contributed by atoms with E-state index in [0.717, 1.165) is 19.3 Å². The average molecular weight is 259 g/mol. The molecule has 106 valence electrons. The summed E-state index contributed by atoms with van der Waals surface area (Å²) in [5, 5.41) is 2.68. The van der Waals surface area contributed by atoms with E-state index >= 15 is 0 Å². The lowest BCUT2D eigenvalue weighted by Crippen LogP contribution is -2.33. The Morgan fingerprint density at radius 1 is 1.22 bits per heavy atom. The van der Waals surface area contributed by atoms with E-state index in [0.29, 0.717) is 6.54 Å². The molecule has 0 aromatic carbocycles. The number of nitrogens with one attached hydrogen (secondary N) is 1. The molecule has 0 aromatic rings. The molecule has 0 heterocycles. The highest BCUT2D eigenvalue weighted by molar-refractivity contribution is 5.71. The van der Waals surface area contributed by atoms with Crippen LogP contribution in [0.4, 0.5) is 4.79 Å². The lowest BCUT2D eigenvalue weighted by Gasteiger charge is -2.19. The van der Waals surface area contributed by atoms with Crippen LogP contribution in [-0.4, -0.2) is 31.3 Å². The third-order valence-electron chi connectivity index (χ3n) is 2.34. The van der Waals surface area contributed by atoms with Gasteiger partial charge in [0.15, 0.2) is 0 Å².